The lowest BCUT2D eigenvalue weighted by Gasteiger charge is -2.24. The van der Waals surface area contributed by atoms with E-state index in [1.54, 1.807) is 25.1 Å². The molecule has 1 amide bonds. The highest BCUT2D eigenvalue weighted by atomic mass is 35.5. The SMILES string of the molecule is CCC(=O)N(c1ccc(S(=O)(=O)Nc2ccon2)cn1)c1cc(Cl)c(-c2ccc(Cl)c(C)c2)cc1OC. The lowest BCUT2D eigenvalue weighted by atomic mass is 10.0. The van der Waals surface area contributed by atoms with E-state index in [0.717, 1.165) is 17.3 Å². The number of nitrogens with zero attached hydrogens (tertiary/aromatic N) is 3. The summed E-state index contributed by atoms with van der Waals surface area (Å²) in [6, 6.07) is 13.0. The number of ether oxygens (including phenoxy) is 1. The maximum atomic E-state index is 13.0. The Morgan fingerprint density at radius 1 is 1.11 bits per heavy atom. The van der Waals surface area contributed by atoms with E-state index in [1.807, 2.05) is 19.1 Å². The molecule has 37 heavy (non-hydrogen) atoms. The number of hydrogen-bond donors (Lipinski definition) is 1. The number of anilines is 3. The maximum Gasteiger partial charge on any atom is 0.264 e. The fourth-order valence-electron chi connectivity index (χ4n) is 3.58. The minimum Gasteiger partial charge on any atom is -0.495 e. The van der Waals surface area contributed by atoms with Gasteiger partial charge in [0.25, 0.3) is 10.0 Å². The summed E-state index contributed by atoms with van der Waals surface area (Å²) in [7, 11) is -2.49. The standard InChI is InChI=1S/C25H22Cl2N4O5S/c1-4-25(32)31(24-8-6-17(14-28-24)37(33,34)30-23-9-10-36-29-23)21-13-20(27)18(12-22(21)35-3)16-5-7-19(26)15(2)11-16/h5-14H,4H2,1-3H3,(H,29,30). The molecule has 0 aliphatic rings. The summed E-state index contributed by atoms with van der Waals surface area (Å²) in [5.74, 6) is 0.298. The molecule has 2 aromatic carbocycles. The average Bonchev–Trinajstić information content (AvgIpc) is 3.38. The predicted molar refractivity (Wildman–Crippen MR) is 142 cm³/mol. The first-order valence-corrected chi connectivity index (χ1v) is 13.2. The molecule has 0 unspecified atom stereocenters. The van der Waals surface area contributed by atoms with E-state index in [9.17, 15) is 13.2 Å². The Bertz CT molecular complexity index is 1540. The first kappa shape index (κ1) is 26.5. The van der Waals surface area contributed by atoms with E-state index in [1.165, 1.54) is 36.5 Å². The van der Waals surface area contributed by atoms with Crippen LogP contribution in [0.4, 0.5) is 17.3 Å². The second-order valence-corrected chi connectivity index (χ2v) is 10.4. The normalized spacial score (nSPS) is 11.3. The van der Waals surface area contributed by atoms with Crippen LogP contribution >= 0.6 is 23.2 Å². The third kappa shape index (κ3) is 5.56. The van der Waals surface area contributed by atoms with Crippen molar-refractivity contribution in [2.24, 2.45) is 0 Å². The molecule has 9 nitrogen and oxygen atoms in total. The van der Waals surface area contributed by atoms with Crippen LogP contribution in [0.25, 0.3) is 11.1 Å². The van der Waals surface area contributed by atoms with Gasteiger partial charge in [0.2, 0.25) is 5.91 Å². The van der Waals surface area contributed by atoms with Gasteiger partial charge in [-0.1, -0.05) is 41.3 Å². The second-order valence-electron chi connectivity index (χ2n) is 7.89. The number of hydrogen-bond acceptors (Lipinski definition) is 7. The first-order chi connectivity index (χ1) is 17.6. The van der Waals surface area contributed by atoms with E-state index in [2.05, 4.69) is 19.4 Å². The quantitative estimate of drug-likeness (QED) is 0.271. The van der Waals surface area contributed by atoms with E-state index < -0.39 is 10.0 Å². The number of rotatable bonds is 8. The lowest BCUT2D eigenvalue weighted by Crippen LogP contribution is -2.26. The molecule has 0 spiro atoms. The van der Waals surface area contributed by atoms with Gasteiger partial charge < -0.3 is 9.26 Å². The van der Waals surface area contributed by atoms with Crippen LogP contribution in [0.5, 0.6) is 5.75 Å². The van der Waals surface area contributed by atoms with E-state index in [0.29, 0.717) is 27.0 Å². The summed E-state index contributed by atoms with van der Waals surface area (Å²) >= 11 is 12.8. The number of carbonyl (C=O) groups is 1. The monoisotopic (exact) mass is 560 g/mol. The van der Waals surface area contributed by atoms with Crippen molar-refractivity contribution in [3.63, 3.8) is 0 Å². The van der Waals surface area contributed by atoms with Crippen LogP contribution in [-0.4, -0.2) is 31.6 Å². The Morgan fingerprint density at radius 3 is 2.49 bits per heavy atom. The Balaban J connectivity index is 1.75. The van der Waals surface area contributed by atoms with Crippen molar-refractivity contribution >= 4 is 56.5 Å². The van der Waals surface area contributed by atoms with Crippen molar-refractivity contribution in [2.75, 3.05) is 16.7 Å². The van der Waals surface area contributed by atoms with Crippen LogP contribution in [-0.2, 0) is 14.8 Å². The van der Waals surface area contributed by atoms with Crippen molar-refractivity contribution in [3.8, 4) is 16.9 Å². The molecule has 12 heteroatoms. The maximum absolute atomic E-state index is 13.0. The van der Waals surface area contributed by atoms with Crippen LogP contribution in [0.1, 0.15) is 18.9 Å². The first-order valence-electron chi connectivity index (χ1n) is 11.0. The van der Waals surface area contributed by atoms with Crippen molar-refractivity contribution in [1.82, 2.24) is 10.1 Å². The minimum absolute atomic E-state index is 0.0298. The highest BCUT2D eigenvalue weighted by Crippen LogP contribution is 2.42. The molecule has 0 fully saturated rings. The fourth-order valence-corrected chi connectivity index (χ4v) is 4.91. The molecule has 2 aromatic heterocycles. The van der Waals surface area contributed by atoms with E-state index in [4.69, 9.17) is 27.9 Å². The van der Waals surface area contributed by atoms with Crippen LogP contribution in [0, 0.1) is 6.92 Å². The smallest absolute Gasteiger partial charge is 0.264 e. The molecule has 0 saturated carbocycles. The van der Waals surface area contributed by atoms with Gasteiger partial charge in [-0.25, -0.2) is 13.4 Å². The van der Waals surface area contributed by atoms with E-state index >= 15 is 0 Å². The molecule has 0 aliphatic heterocycles. The highest BCUT2D eigenvalue weighted by Gasteiger charge is 2.25. The number of aryl methyl sites for hydroxylation is 1. The van der Waals surface area contributed by atoms with Crippen LogP contribution < -0.4 is 14.4 Å². The van der Waals surface area contributed by atoms with Gasteiger partial charge in [-0.2, -0.15) is 0 Å². The third-order valence-electron chi connectivity index (χ3n) is 5.47. The number of methoxy groups -OCH3 is 1. The Morgan fingerprint density at radius 2 is 1.89 bits per heavy atom. The number of carbonyl (C=O) groups excluding carboxylic acids is 1. The number of sulfonamides is 1. The molecule has 0 saturated heterocycles. The molecular formula is C25H22Cl2N4O5S. The minimum atomic E-state index is -3.97. The van der Waals surface area contributed by atoms with Gasteiger partial charge >= 0.3 is 0 Å². The molecule has 0 bridgehead atoms. The van der Waals surface area contributed by atoms with E-state index in [-0.39, 0.29) is 28.9 Å². The van der Waals surface area contributed by atoms with Gasteiger partial charge in [-0.3, -0.25) is 14.4 Å². The number of pyridine rings is 1. The zero-order valence-electron chi connectivity index (χ0n) is 20.0. The van der Waals surface area contributed by atoms with Gasteiger partial charge in [-0.15, -0.1) is 0 Å². The molecule has 4 rings (SSSR count). The summed E-state index contributed by atoms with van der Waals surface area (Å²) in [5, 5.41) is 4.55. The molecule has 0 radical (unpaired) electrons. The molecule has 1 N–H and O–H groups in total. The van der Waals surface area contributed by atoms with Crippen molar-refractivity contribution in [1.29, 1.82) is 0 Å². The van der Waals surface area contributed by atoms with Gasteiger partial charge in [0.15, 0.2) is 5.82 Å². The van der Waals surface area contributed by atoms with Gasteiger partial charge in [0.05, 0.1) is 17.8 Å². The average molecular weight is 561 g/mol. The van der Waals surface area contributed by atoms with Crippen molar-refractivity contribution in [3.05, 3.63) is 76.6 Å². The third-order valence-corrected chi connectivity index (χ3v) is 7.54. The predicted octanol–water partition coefficient (Wildman–Crippen LogP) is 6.24. The number of benzene rings is 2. The fraction of sp³-hybridized carbons (Fsp3) is 0.160. The summed E-state index contributed by atoms with van der Waals surface area (Å²) in [5.41, 5.74) is 2.77. The van der Waals surface area contributed by atoms with Crippen molar-refractivity contribution < 1.29 is 22.5 Å². The summed E-state index contributed by atoms with van der Waals surface area (Å²) in [4.78, 5) is 18.5. The van der Waals surface area contributed by atoms with Crippen LogP contribution in [0.2, 0.25) is 10.0 Å². The van der Waals surface area contributed by atoms with Crippen LogP contribution in [0.15, 0.2) is 70.4 Å². The molecule has 2 heterocycles. The van der Waals surface area contributed by atoms with Gasteiger partial charge in [0.1, 0.15) is 22.7 Å². The number of nitrogens with one attached hydrogen (secondary N) is 1. The Kier molecular flexibility index (Phi) is 7.72. The lowest BCUT2D eigenvalue weighted by molar-refractivity contribution is -0.117. The Labute approximate surface area is 224 Å². The largest absolute Gasteiger partial charge is 0.495 e. The second kappa shape index (κ2) is 10.8. The van der Waals surface area contributed by atoms with Gasteiger partial charge in [0, 0.05) is 29.3 Å². The number of amides is 1. The van der Waals surface area contributed by atoms with Gasteiger partial charge in [-0.05, 0) is 54.4 Å². The summed E-state index contributed by atoms with van der Waals surface area (Å²) in [6.07, 6.45) is 2.53. The molecule has 192 valence electrons. The number of halogens is 2. The molecular weight excluding hydrogens is 539 g/mol. The van der Waals surface area contributed by atoms with Crippen LogP contribution in [0.3, 0.4) is 0 Å². The summed E-state index contributed by atoms with van der Waals surface area (Å²) < 4.78 is 37.8. The zero-order valence-corrected chi connectivity index (χ0v) is 22.4. The Hall–Kier alpha value is -3.60. The number of aromatic nitrogens is 2. The highest BCUT2D eigenvalue weighted by molar-refractivity contribution is 7.92. The summed E-state index contributed by atoms with van der Waals surface area (Å²) in [6.45, 7) is 3.60. The van der Waals surface area contributed by atoms with Crippen molar-refractivity contribution in [2.45, 2.75) is 25.2 Å². The molecule has 0 aliphatic carbocycles. The molecule has 4 aromatic rings. The topological polar surface area (TPSA) is 115 Å². The zero-order chi connectivity index (χ0) is 26.7. The molecule has 0 atom stereocenters.